The number of nitrogens with one attached hydrogen (secondary N) is 1. The van der Waals surface area contributed by atoms with Gasteiger partial charge in [0.1, 0.15) is 0 Å². The van der Waals surface area contributed by atoms with E-state index in [-0.39, 0.29) is 10.8 Å². The molecule has 1 aliphatic heterocycles. The smallest absolute Gasteiger partial charge is 0.267 e. The minimum atomic E-state index is -3.45. The molecule has 1 saturated heterocycles. The minimum Gasteiger partial charge on any atom is -0.267 e. The summed E-state index contributed by atoms with van der Waals surface area (Å²) < 4.78 is 26.5. The highest BCUT2D eigenvalue weighted by molar-refractivity contribution is 7.89. The molecule has 0 unspecified atom stereocenters. The third-order valence-electron chi connectivity index (χ3n) is 5.39. The van der Waals surface area contributed by atoms with Crippen LogP contribution in [0, 0.1) is 11.8 Å². The van der Waals surface area contributed by atoms with Gasteiger partial charge in [-0.25, -0.2) is 13.8 Å². The number of hydrogen-bond donors (Lipinski definition) is 1. The van der Waals surface area contributed by atoms with E-state index in [2.05, 4.69) is 24.4 Å². The molecule has 1 aromatic carbocycles. The van der Waals surface area contributed by atoms with Crippen molar-refractivity contribution in [1.82, 2.24) is 9.73 Å². The standard InChI is InChI=1S/C19H27N3O3S/c1-14-6-5-7-15(2)18(14)20-21-19(23)16-8-10-17(11-9-16)26(24,25)22-12-3-4-13-22/h8-11,14-15H,3-7,12-13H2,1-2H3,(H,21,23)/t14-,15-/m1/s1. The molecule has 3 rings (SSSR count). The van der Waals surface area contributed by atoms with Crippen LogP contribution in [-0.2, 0) is 10.0 Å². The first-order valence-corrected chi connectivity index (χ1v) is 10.8. The fraction of sp³-hybridized carbons (Fsp3) is 0.579. The van der Waals surface area contributed by atoms with Crippen LogP contribution in [0.4, 0.5) is 0 Å². The summed E-state index contributed by atoms with van der Waals surface area (Å²) >= 11 is 0. The zero-order valence-electron chi connectivity index (χ0n) is 15.4. The lowest BCUT2D eigenvalue weighted by Gasteiger charge is -2.26. The van der Waals surface area contributed by atoms with Gasteiger partial charge in [-0.2, -0.15) is 9.41 Å². The van der Waals surface area contributed by atoms with Crippen molar-refractivity contribution in [2.24, 2.45) is 16.9 Å². The number of hydrogen-bond acceptors (Lipinski definition) is 4. The molecule has 2 atom stereocenters. The van der Waals surface area contributed by atoms with Crippen LogP contribution in [0.5, 0.6) is 0 Å². The highest BCUT2D eigenvalue weighted by Crippen LogP contribution is 2.26. The van der Waals surface area contributed by atoms with Gasteiger partial charge in [0.25, 0.3) is 5.91 Å². The Bertz CT molecular complexity index is 769. The highest BCUT2D eigenvalue weighted by atomic mass is 32.2. The van der Waals surface area contributed by atoms with Gasteiger partial charge in [-0.05, 0) is 61.8 Å². The maximum atomic E-state index is 12.5. The molecule has 2 aliphatic rings. The van der Waals surface area contributed by atoms with Gasteiger partial charge in [0.2, 0.25) is 10.0 Å². The summed E-state index contributed by atoms with van der Waals surface area (Å²) in [5, 5.41) is 4.35. The molecule has 1 aromatic rings. The minimum absolute atomic E-state index is 0.233. The fourth-order valence-corrected chi connectivity index (χ4v) is 5.28. The van der Waals surface area contributed by atoms with Gasteiger partial charge in [0.15, 0.2) is 0 Å². The molecule has 142 valence electrons. The molecule has 26 heavy (non-hydrogen) atoms. The Morgan fingerprint density at radius 3 is 2.19 bits per heavy atom. The number of rotatable bonds is 4. The third kappa shape index (κ3) is 3.99. The molecule has 0 aromatic heterocycles. The van der Waals surface area contributed by atoms with Crippen molar-refractivity contribution in [2.75, 3.05) is 13.1 Å². The fourth-order valence-electron chi connectivity index (χ4n) is 3.77. The van der Waals surface area contributed by atoms with E-state index < -0.39 is 10.0 Å². The van der Waals surface area contributed by atoms with Crippen molar-refractivity contribution in [3.63, 3.8) is 0 Å². The van der Waals surface area contributed by atoms with Gasteiger partial charge in [-0.15, -0.1) is 0 Å². The summed E-state index contributed by atoms with van der Waals surface area (Å²) in [5.41, 5.74) is 4.08. The van der Waals surface area contributed by atoms with Crippen LogP contribution in [0.3, 0.4) is 0 Å². The maximum absolute atomic E-state index is 12.5. The van der Waals surface area contributed by atoms with Crippen LogP contribution in [0.15, 0.2) is 34.3 Å². The van der Waals surface area contributed by atoms with E-state index in [1.165, 1.54) is 22.9 Å². The van der Waals surface area contributed by atoms with Crippen molar-refractivity contribution >= 4 is 21.6 Å². The lowest BCUT2D eigenvalue weighted by molar-refractivity contribution is 0.0954. The average molecular weight is 378 g/mol. The van der Waals surface area contributed by atoms with Crippen molar-refractivity contribution in [3.05, 3.63) is 29.8 Å². The zero-order chi connectivity index (χ0) is 18.7. The van der Waals surface area contributed by atoms with Crippen molar-refractivity contribution in [3.8, 4) is 0 Å². The predicted octanol–water partition coefficient (Wildman–Crippen LogP) is 3.01. The van der Waals surface area contributed by atoms with Gasteiger partial charge in [-0.3, -0.25) is 4.79 Å². The monoisotopic (exact) mass is 377 g/mol. The second-order valence-corrected chi connectivity index (χ2v) is 9.28. The van der Waals surface area contributed by atoms with E-state index in [0.29, 0.717) is 30.5 Å². The summed E-state index contributed by atoms with van der Waals surface area (Å²) in [6, 6.07) is 6.10. The summed E-state index contributed by atoms with van der Waals surface area (Å²) in [6.45, 7) is 5.41. The van der Waals surface area contributed by atoms with E-state index in [4.69, 9.17) is 0 Å². The molecule has 1 aliphatic carbocycles. The van der Waals surface area contributed by atoms with E-state index >= 15 is 0 Å². The van der Waals surface area contributed by atoms with E-state index in [1.807, 2.05) is 0 Å². The maximum Gasteiger partial charge on any atom is 0.271 e. The van der Waals surface area contributed by atoms with Crippen LogP contribution in [0.25, 0.3) is 0 Å². The van der Waals surface area contributed by atoms with Crippen molar-refractivity contribution in [1.29, 1.82) is 0 Å². The normalized spacial score (nSPS) is 24.5. The molecule has 6 nitrogen and oxygen atoms in total. The summed E-state index contributed by atoms with van der Waals surface area (Å²) in [5.74, 6) is 0.451. The van der Waals surface area contributed by atoms with Crippen LogP contribution < -0.4 is 5.43 Å². The Hall–Kier alpha value is -1.73. The first-order valence-electron chi connectivity index (χ1n) is 9.37. The molecule has 1 amide bonds. The van der Waals surface area contributed by atoms with Crippen molar-refractivity contribution < 1.29 is 13.2 Å². The first-order chi connectivity index (χ1) is 12.4. The van der Waals surface area contributed by atoms with Crippen molar-refractivity contribution in [2.45, 2.75) is 50.8 Å². The molecule has 1 N–H and O–H groups in total. The molecule has 0 bridgehead atoms. The van der Waals surface area contributed by atoms with E-state index in [0.717, 1.165) is 31.4 Å². The predicted molar refractivity (Wildman–Crippen MR) is 102 cm³/mol. The molecular formula is C19H27N3O3S. The quantitative estimate of drug-likeness (QED) is 0.819. The lowest BCUT2D eigenvalue weighted by Crippen LogP contribution is -2.29. The second kappa shape index (κ2) is 7.88. The van der Waals surface area contributed by atoms with E-state index in [9.17, 15) is 13.2 Å². The summed E-state index contributed by atoms with van der Waals surface area (Å²) in [6.07, 6.45) is 5.19. The number of carbonyl (C=O) groups excluding carboxylic acids is 1. The van der Waals surface area contributed by atoms with Crippen LogP contribution in [0.1, 0.15) is 56.3 Å². The summed E-state index contributed by atoms with van der Waals surface area (Å²) in [7, 11) is -3.45. The largest absolute Gasteiger partial charge is 0.271 e. The lowest BCUT2D eigenvalue weighted by atomic mass is 9.81. The number of nitrogens with zero attached hydrogens (tertiary/aromatic N) is 2. The Morgan fingerprint density at radius 1 is 1.04 bits per heavy atom. The van der Waals surface area contributed by atoms with Gasteiger partial charge in [0.05, 0.1) is 4.90 Å². The molecule has 2 fully saturated rings. The Balaban J connectivity index is 1.69. The zero-order valence-corrected chi connectivity index (χ0v) is 16.3. The number of sulfonamides is 1. The van der Waals surface area contributed by atoms with Crippen LogP contribution in [-0.4, -0.2) is 37.4 Å². The summed E-state index contributed by atoms with van der Waals surface area (Å²) in [4.78, 5) is 12.6. The van der Waals surface area contributed by atoms with Gasteiger partial charge in [-0.1, -0.05) is 20.3 Å². The Kier molecular flexibility index (Phi) is 5.77. The number of hydrazone groups is 1. The van der Waals surface area contributed by atoms with E-state index in [1.54, 1.807) is 12.1 Å². The molecule has 7 heteroatoms. The molecule has 1 heterocycles. The third-order valence-corrected chi connectivity index (χ3v) is 7.30. The Labute approximate surface area is 155 Å². The highest BCUT2D eigenvalue weighted by Gasteiger charge is 2.27. The molecule has 0 spiro atoms. The number of carbonyl (C=O) groups is 1. The van der Waals surface area contributed by atoms with Gasteiger partial charge >= 0.3 is 0 Å². The van der Waals surface area contributed by atoms with Gasteiger partial charge < -0.3 is 0 Å². The average Bonchev–Trinajstić information content (AvgIpc) is 3.17. The second-order valence-electron chi connectivity index (χ2n) is 7.35. The topological polar surface area (TPSA) is 78.8 Å². The molecule has 1 saturated carbocycles. The SMILES string of the molecule is C[C@@H]1CCC[C@@H](C)C1=NNC(=O)c1ccc(S(=O)(=O)N2CCCC2)cc1. The number of benzene rings is 1. The molecular weight excluding hydrogens is 350 g/mol. The van der Waals surface area contributed by atoms with Crippen LogP contribution >= 0.6 is 0 Å². The first kappa shape index (κ1) is 19.0. The Morgan fingerprint density at radius 2 is 1.62 bits per heavy atom. The van der Waals surface area contributed by atoms with Crippen LogP contribution in [0.2, 0.25) is 0 Å². The van der Waals surface area contributed by atoms with Gasteiger partial charge in [0, 0.05) is 24.4 Å². The number of amides is 1. The molecule has 0 radical (unpaired) electrons.